The Balaban J connectivity index is 2.57. The molecule has 1 heterocycles. The van der Waals surface area contributed by atoms with E-state index in [0.29, 0.717) is 6.54 Å². The first-order valence-corrected chi connectivity index (χ1v) is 3.97. The highest BCUT2D eigenvalue weighted by Crippen LogP contribution is 2.22. The van der Waals surface area contributed by atoms with Gasteiger partial charge in [-0.1, -0.05) is 0 Å². The molecule has 0 aromatic rings. The molecular formula is C7H11F3N2O. The Morgan fingerprint density at radius 3 is 2.62 bits per heavy atom. The van der Waals surface area contributed by atoms with Crippen molar-refractivity contribution in [2.45, 2.75) is 19.1 Å². The van der Waals surface area contributed by atoms with E-state index in [9.17, 15) is 18.0 Å². The van der Waals surface area contributed by atoms with E-state index in [0.717, 1.165) is 0 Å². The third-order valence-electron chi connectivity index (χ3n) is 2.02. The average molecular weight is 196 g/mol. The maximum absolute atomic E-state index is 12.2. The smallest absolute Gasteiger partial charge is 0.340 e. The zero-order valence-electron chi connectivity index (χ0n) is 7.19. The van der Waals surface area contributed by atoms with E-state index in [1.165, 1.54) is 11.8 Å². The molecule has 0 bridgehead atoms. The van der Waals surface area contributed by atoms with Crippen LogP contribution in [-0.2, 0) is 4.79 Å². The lowest BCUT2D eigenvalue weighted by atomic mass is 10.2. The normalized spacial score (nSPS) is 24.6. The van der Waals surface area contributed by atoms with Crippen LogP contribution in [0.15, 0.2) is 0 Å². The molecule has 0 radical (unpaired) electrons. The van der Waals surface area contributed by atoms with Crippen LogP contribution in [0, 0.1) is 0 Å². The van der Waals surface area contributed by atoms with Crippen molar-refractivity contribution in [2.24, 2.45) is 0 Å². The van der Waals surface area contributed by atoms with E-state index in [2.05, 4.69) is 5.32 Å². The van der Waals surface area contributed by atoms with Crippen LogP contribution < -0.4 is 5.32 Å². The fourth-order valence-corrected chi connectivity index (χ4v) is 1.26. The van der Waals surface area contributed by atoms with Gasteiger partial charge in [-0.2, -0.15) is 13.2 Å². The van der Waals surface area contributed by atoms with Crippen molar-refractivity contribution in [3.05, 3.63) is 0 Å². The van der Waals surface area contributed by atoms with E-state index in [4.69, 9.17) is 0 Å². The first-order valence-electron chi connectivity index (χ1n) is 3.97. The summed E-state index contributed by atoms with van der Waals surface area (Å²) >= 11 is 0. The summed E-state index contributed by atoms with van der Waals surface area (Å²) in [7, 11) is 0. The van der Waals surface area contributed by atoms with Crippen molar-refractivity contribution in [3.63, 3.8) is 0 Å². The van der Waals surface area contributed by atoms with Crippen molar-refractivity contribution in [1.82, 2.24) is 10.2 Å². The van der Waals surface area contributed by atoms with Crippen LogP contribution >= 0.6 is 0 Å². The molecule has 13 heavy (non-hydrogen) atoms. The van der Waals surface area contributed by atoms with Crippen molar-refractivity contribution in [1.29, 1.82) is 0 Å². The second-order valence-electron chi connectivity index (χ2n) is 3.01. The minimum atomic E-state index is -4.27. The Morgan fingerprint density at radius 1 is 1.54 bits per heavy atom. The summed E-state index contributed by atoms with van der Waals surface area (Å²) in [4.78, 5) is 12.0. The lowest BCUT2D eigenvalue weighted by Crippen LogP contribution is -2.57. The maximum atomic E-state index is 12.2. The molecule has 3 nitrogen and oxygen atoms in total. The Kier molecular flexibility index (Phi) is 2.80. The highest BCUT2D eigenvalue weighted by atomic mass is 19.4. The van der Waals surface area contributed by atoms with Gasteiger partial charge in [0.1, 0.15) is 6.04 Å². The molecular weight excluding hydrogens is 185 g/mol. The Labute approximate surface area is 73.9 Å². The van der Waals surface area contributed by atoms with Gasteiger partial charge in [0, 0.05) is 26.6 Å². The van der Waals surface area contributed by atoms with Crippen molar-refractivity contribution in [2.75, 3.05) is 19.6 Å². The number of carbonyl (C=O) groups excluding carboxylic acids is 1. The van der Waals surface area contributed by atoms with Gasteiger partial charge in [-0.25, -0.2) is 0 Å². The lowest BCUT2D eigenvalue weighted by molar-refractivity contribution is -0.167. The molecule has 1 saturated heterocycles. The summed E-state index contributed by atoms with van der Waals surface area (Å²) in [6.45, 7) is 1.54. The van der Waals surface area contributed by atoms with Crippen molar-refractivity contribution >= 4 is 5.91 Å². The van der Waals surface area contributed by atoms with Crippen LogP contribution in [0.25, 0.3) is 0 Å². The predicted octanol–water partition coefficient (Wildman–Crippen LogP) is 0.369. The molecule has 1 rings (SSSR count). The largest absolute Gasteiger partial charge is 0.405 e. The number of nitrogens with zero attached hydrogens (tertiary/aromatic N) is 1. The summed E-state index contributed by atoms with van der Waals surface area (Å²) in [5.41, 5.74) is 0. The third kappa shape index (κ3) is 2.58. The van der Waals surface area contributed by atoms with Crippen LogP contribution in [0.1, 0.15) is 6.92 Å². The summed E-state index contributed by atoms with van der Waals surface area (Å²) < 4.78 is 36.5. The van der Waals surface area contributed by atoms with Crippen LogP contribution in [0.5, 0.6) is 0 Å². The topological polar surface area (TPSA) is 32.3 Å². The fraction of sp³-hybridized carbons (Fsp3) is 0.857. The molecule has 0 saturated carbocycles. The summed E-state index contributed by atoms with van der Waals surface area (Å²) in [6, 6.07) is -1.58. The van der Waals surface area contributed by atoms with Gasteiger partial charge in [-0.3, -0.25) is 4.79 Å². The Morgan fingerprint density at radius 2 is 2.15 bits per heavy atom. The number of piperazine rings is 1. The zero-order chi connectivity index (χ0) is 10.1. The first-order chi connectivity index (χ1) is 5.91. The molecule has 6 heteroatoms. The molecule has 0 aromatic carbocycles. The first kappa shape index (κ1) is 10.3. The predicted molar refractivity (Wildman–Crippen MR) is 40.1 cm³/mol. The molecule has 1 fully saturated rings. The number of hydrogen-bond acceptors (Lipinski definition) is 2. The minimum absolute atomic E-state index is 0.198. The van der Waals surface area contributed by atoms with Crippen LogP contribution in [0.2, 0.25) is 0 Å². The summed E-state index contributed by atoms with van der Waals surface area (Å²) in [6.07, 6.45) is -4.27. The van der Waals surface area contributed by atoms with E-state index >= 15 is 0 Å². The van der Waals surface area contributed by atoms with Crippen LogP contribution in [0.4, 0.5) is 13.2 Å². The molecule has 0 spiro atoms. The number of rotatable bonds is 0. The van der Waals surface area contributed by atoms with Gasteiger partial charge in [0.05, 0.1) is 0 Å². The van der Waals surface area contributed by atoms with E-state index in [1.54, 1.807) is 0 Å². The molecule has 1 N–H and O–H groups in total. The molecule has 1 aliphatic heterocycles. The fourth-order valence-electron chi connectivity index (χ4n) is 1.26. The Bertz CT molecular complexity index is 204. The average Bonchev–Trinajstić information content (AvgIpc) is 2.03. The lowest BCUT2D eigenvalue weighted by Gasteiger charge is -2.33. The molecule has 0 aliphatic carbocycles. The SMILES string of the molecule is CC(=O)N1CCNC(C(F)(F)F)C1. The highest BCUT2D eigenvalue weighted by molar-refractivity contribution is 5.73. The molecule has 1 unspecified atom stereocenters. The molecule has 1 atom stereocenters. The van der Waals surface area contributed by atoms with Gasteiger partial charge in [-0.05, 0) is 0 Å². The number of nitrogens with one attached hydrogen (secondary N) is 1. The van der Waals surface area contributed by atoms with Gasteiger partial charge in [0.25, 0.3) is 0 Å². The van der Waals surface area contributed by atoms with Crippen LogP contribution in [-0.4, -0.2) is 42.7 Å². The third-order valence-corrected chi connectivity index (χ3v) is 2.02. The van der Waals surface area contributed by atoms with Crippen molar-refractivity contribution < 1.29 is 18.0 Å². The molecule has 76 valence electrons. The van der Waals surface area contributed by atoms with Crippen LogP contribution in [0.3, 0.4) is 0 Å². The molecule has 1 aliphatic rings. The second-order valence-corrected chi connectivity index (χ2v) is 3.01. The van der Waals surface area contributed by atoms with Gasteiger partial charge >= 0.3 is 6.18 Å². The Hall–Kier alpha value is -0.780. The van der Waals surface area contributed by atoms with Gasteiger partial charge in [0.15, 0.2) is 0 Å². The maximum Gasteiger partial charge on any atom is 0.405 e. The molecule has 1 amide bonds. The van der Waals surface area contributed by atoms with Gasteiger partial charge in [0.2, 0.25) is 5.91 Å². The number of halogens is 3. The second kappa shape index (κ2) is 3.53. The minimum Gasteiger partial charge on any atom is -0.340 e. The van der Waals surface area contributed by atoms with Gasteiger partial charge < -0.3 is 10.2 Å². The number of alkyl halides is 3. The number of amides is 1. The molecule has 0 aromatic heterocycles. The summed E-state index contributed by atoms with van der Waals surface area (Å²) in [5, 5.41) is 2.32. The highest BCUT2D eigenvalue weighted by Gasteiger charge is 2.42. The van der Waals surface area contributed by atoms with E-state index < -0.39 is 12.2 Å². The number of hydrogen-bond donors (Lipinski definition) is 1. The standard InChI is InChI=1S/C7H11F3N2O/c1-5(13)12-3-2-11-6(4-12)7(8,9)10/h6,11H,2-4H2,1H3. The van der Waals surface area contributed by atoms with Crippen molar-refractivity contribution in [3.8, 4) is 0 Å². The van der Waals surface area contributed by atoms with E-state index in [1.807, 2.05) is 0 Å². The van der Waals surface area contributed by atoms with E-state index in [-0.39, 0.29) is 19.0 Å². The zero-order valence-corrected chi connectivity index (χ0v) is 7.19. The number of carbonyl (C=O) groups is 1. The quantitative estimate of drug-likeness (QED) is 0.607. The monoisotopic (exact) mass is 196 g/mol. The van der Waals surface area contributed by atoms with Gasteiger partial charge in [-0.15, -0.1) is 0 Å². The summed E-state index contributed by atoms with van der Waals surface area (Å²) in [5.74, 6) is -0.309.